The number of likely N-dealkylation sites (tertiary alicyclic amines) is 1. The van der Waals surface area contributed by atoms with Gasteiger partial charge in [-0.25, -0.2) is 18.4 Å². The molecule has 1 aromatic carbocycles. The maximum Gasteiger partial charge on any atom is 0.407 e. The minimum Gasteiger partial charge on any atom is -0.496 e. The fourth-order valence-electron chi connectivity index (χ4n) is 3.20. The number of benzene rings is 1. The van der Waals surface area contributed by atoms with Crippen LogP contribution in [-0.4, -0.2) is 57.7 Å². The van der Waals surface area contributed by atoms with E-state index in [4.69, 9.17) is 14.6 Å². The van der Waals surface area contributed by atoms with E-state index in [9.17, 15) is 18.0 Å². The van der Waals surface area contributed by atoms with Gasteiger partial charge in [0.05, 0.1) is 30.7 Å². The molecule has 9 nitrogen and oxygen atoms in total. The van der Waals surface area contributed by atoms with E-state index in [0.717, 1.165) is 0 Å². The van der Waals surface area contributed by atoms with E-state index in [1.807, 2.05) is 0 Å². The minimum absolute atomic E-state index is 0.100. The lowest BCUT2D eigenvalue weighted by molar-refractivity contribution is -0.00515. The number of nitrogens with one attached hydrogen (secondary N) is 1. The quantitative estimate of drug-likeness (QED) is 0.775. The molecule has 10 heteroatoms. The molecule has 2 amide bonds. The van der Waals surface area contributed by atoms with Crippen LogP contribution in [0.4, 0.5) is 4.79 Å². The Balaban J connectivity index is 1.91. The zero-order valence-electron chi connectivity index (χ0n) is 13.6. The summed E-state index contributed by atoms with van der Waals surface area (Å²) in [7, 11) is -2.56. The van der Waals surface area contributed by atoms with Crippen molar-refractivity contribution in [2.75, 3.05) is 26.7 Å². The zero-order valence-corrected chi connectivity index (χ0v) is 14.5. The van der Waals surface area contributed by atoms with Crippen LogP contribution >= 0.6 is 0 Å². The van der Waals surface area contributed by atoms with Crippen molar-refractivity contribution in [2.45, 2.75) is 23.3 Å². The third kappa shape index (κ3) is 3.40. The molecule has 2 heterocycles. The first-order chi connectivity index (χ1) is 11.7. The Morgan fingerprint density at radius 3 is 2.80 bits per heavy atom. The number of methoxy groups -OCH3 is 1. The van der Waals surface area contributed by atoms with Gasteiger partial charge in [0, 0.05) is 6.54 Å². The van der Waals surface area contributed by atoms with Crippen molar-refractivity contribution in [1.82, 2.24) is 10.2 Å². The van der Waals surface area contributed by atoms with Crippen LogP contribution < -0.4 is 15.2 Å². The van der Waals surface area contributed by atoms with E-state index in [2.05, 4.69) is 5.32 Å². The molecule has 25 heavy (non-hydrogen) atoms. The molecule has 2 fully saturated rings. The number of piperidine rings is 1. The molecule has 0 bridgehead atoms. The number of nitrogens with two attached hydrogens (primary N) is 1. The van der Waals surface area contributed by atoms with Crippen molar-refractivity contribution in [1.29, 1.82) is 0 Å². The predicted molar refractivity (Wildman–Crippen MR) is 86.7 cm³/mol. The first-order valence-electron chi connectivity index (χ1n) is 7.71. The van der Waals surface area contributed by atoms with Crippen molar-refractivity contribution in [3.8, 4) is 5.75 Å². The lowest BCUT2D eigenvalue weighted by atomic mass is 9.92. The molecule has 1 aromatic rings. The maximum atomic E-state index is 12.9. The fraction of sp³-hybridized carbons (Fsp3) is 0.467. The SMILES string of the molecule is COc1ccc(S(N)(=O)=O)cc1C(=O)N1CCCC2(CNC(=O)O2)C1. The summed E-state index contributed by atoms with van der Waals surface area (Å²) in [4.78, 5) is 25.7. The highest BCUT2D eigenvalue weighted by Gasteiger charge is 2.45. The van der Waals surface area contributed by atoms with Gasteiger partial charge < -0.3 is 19.7 Å². The summed E-state index contributed by atoms with van der Waals surface area (Å²) in [6, 6.07) is 3.88. The van der Waals surface area contributed by atoms with Crippen LogP contribution in [0.5, 0.6) is 5.75 Å². The number of ether oxygens (including phenoxy) is 2. The normalized spacial score (nSPS) is 23.3. The second-order valence-corrected chi connectivity index (χ2v) is 7.72. The van der Waals surface area contributed by atoms with Crippen molar-refractivity contribution in [3.63, 3.8) is 0 Å². The molecule has 0 saturated carbocycles. The van der Waals surface area contributed by atoms with E-state index >= 15 is 0 Å². The van der Waals surface area contributed by atoms with Crippen molar-refractivity contribution >= 4 is 22.0 Å². The summed E-state index contributed by atoms with van der Waals surface area (Å²) in [5.74, 6) is -0.150. The highest BCUT2D eigenvalue weighted by Crippen LogP contribution is 2.31. The third-order valence-electron chi connectivity index (χ3n) is 4.42. The third-order valence-corrected chi connectivity index (χ3v) is 5.33. The van der Waals surface area contributed by atoms with Gasteiger partial charge >= 0.3 is 6.09 Å². The van der Waals surface area contributed by atoms with Crippen LogP contribution in [0.25, 0.3) is 0 Å². The number of hydrogen-bond donors (Lipinski definition) is 2. The summed E-state index contributed by atoms with van der Waals surface area (Å²) in [6.07, 6.45) is 0.824. The number of primary sulfonamides is 1. The number of amides is 2. The van der Waals surface area contributed by atoms with Gasteiger partial charge in [-0.1, -0.05) is 0 Å². The monoisotopic (exact) mass is 369 g/mol. The van der Waals surface area contributed by atoms with Gasteiger partial charge in [-0.05, 0) is 31.0 Å². The molecular formula is C15H19N3O6S. The Kier molecular flexibility index (Phi) is 4.33. The number of carbonyl (C=O) groups is 2. The van der Waals surface area contributed by atoms with E-state index in [1.165, 1.54) is 30.2 Å². The molecule has 2 aliphatic rings. The van der Waals surface area contributed by atoms with Crippen LogP contribution in [0.2, 0.25) is 0 Å². The topological polar surface area (TPSA) is 128 Å². The summed E-state index contributed by atoms with van der Waals surface area (Å²) < 4.78 is 33.7. The highest BCUT2D eigenvalue weighted by atomic mass is 32.2. The predicted octanol–water partition coefficient (Wildman–Crippen LogP) is 0.0572. The summed E-state index contributed by atoms with van der Waals surface area (Å²) in [6.45, 7) is 1.04. The Hall–Kier alpha value is -2.33. The van der Waals surface area contributed by atoms with Gasteiger partial charge in [-0.3, -0.25) is 4.79 Å². The molecule has 2 aliphatic heterocycles. The van der Waals surface area contributed by atoms with Crippen LogP contribution in [0.3, 0.4) is 0 Å². The van der Waals surface area contributed by atoms with Crippen molar-refractivity contribution < 1.29 is 27.5 Å². The average Bonchev–Trinajstić information content (AvgIpc) is 2.92. The average molecular weight is 369 g/mol. The second kappa shape index (κ2) is 6.19. The second-order valence-electron chi connectivity index (χ2n) is 6.16. The van der Waals surface area contributed by atoms with Crippen LogP contribution in [0.1, 0.15) is 23.2 Å². The van der Waals surface area contributed by atoms with Gasteiger partial charge in [0.2, 0.25) is 10.0 Å². The lowest BCUT2D eigenvalue weighted by Crippen LogP contribution is -2.52. The van der Waals surface area contributed by atoms with E-state index in [0.29, 0.717) is 25.9 Å². The molecule has 1 atom stereocenters. The number of alkyl carbamates (subject to hydrolysis) is 1. The molecular weight excluding hydrogens is 350 g/mol. The minimum atomic E-state index is -3.95. The first-order valence-corrected chi connectivity index (χ1v) is 9.26. The van der Waals surface area contributed by atoms with Gasteiger partial charge in [0.25, 0.3) is 5.91 Å². The Morgan fingerprint density at radius 2 is 2.20 bits per heavy atom. The molecule has 0 aromatic heterocycles. The molecule has 1 unspecified atom stereocenters. The van der Waals surface area contributed by atoms with Gasteiger partial charge in [-0.2, -0.15) is 0 Å². The summed E-state index contributed by atoms with van der Waals surface area (Å²) >= 11 is 0. The van der Waals surface area contributed by atoms with E-state index in [-0.39, 0.29) is 22.8 Å². The van der Waals surface area contributed by atoms with E-state index < -0.39 is 27.6 Å². The highest BCUT2D eigenvalue weighted by molar-refractivity contribution is 7.89. The fourth-order valence-corrected chi connectivity index (χ4v) is 3.74. The molecule has 0 aliphatic carbocycles. The van der Waals surface area contributed by atoms with Crippen LogP contribution in [-0.2, 0) is 14.8 Å². The van der Waals surface area contributed by atoms with Crippen LogP contribution in [0.15, 0.2) is 23.1 Å². The van der Waals surface area contributed by atoms with Crippen molar-refractivity contribution in [3.05, 3.63) is 23.8 Å². The van der Waals surface area contributed by atoms with Gasteiger partial charge in [-0.15, -0.1) is 0 Å². The van der Waals surface area contributed by atoms with Gasteiger partial charge in [0.1, 0.15) is 11.4 Å². The molecule has 3 rings (SSSR count). The smallest absolute Gasteiger partial charge is 0.407 e. The lowest BCUT2D eigenvalue weighted by Gasteiger charge is -2.38. The van der Waals surface area contributed by atoms with Crippen molar-refractivity contribution in [2.24, 2.45) is 5.14 Å². The number of hydrogen-bond acceptors (Lipinski definition) is 6. The Labute approximate surface area is 145 Å². The molecule has 2 saturated heterocycles. The summed E-state index contributed by atoms with van der Waals surface area (Å²) in [5, 5.41) is 7.76. The first kappa shape index (κ1) is 17.5. The van der Waals surface area contributed by atoms with E-state index in [1.54, 1.807) is 0 Å². The maximum absolute atomic E-state index is 12.9. The molecule has 3 N–H and O–H groups in total. The van der Waals surface area contributed by atoms with Crippen LogP contribution in [0, 0.1) is 0 Å². The number of rotatable bonds is 3. The molecule has 1 spiro atoms. The molecule has 0 radical (unpaired) electrons. The zero-order chi connectivity index (χ0) is 18.2. The number of carbonyl (C=O) groups excluding carboxylic acids is 2. The number of sulfonamides is 1. The number of nitrogens with zero attached hydrogens (tertiary/aromatic N) is 1. The standard InChI is InChI=1S/C15H19N3O6S/c1-23-12-4-3-10(25(16,21)22)7-11(12)13(19)18-6-2-5-15(9-18)8-17-14(20)24-15/h3-4,7H,2,5-6,8-9H2,1H3,(H,17,20)(H2,16,21,22). The Bertz CT molecular complexity index is 825. The Morgan fingerprint density at radius 1 is 1.44 bits per heavy atom. The largest absolute Gasteiger partial charge is 0.496 e. The summed E-state index contributed by atoms with van der Waals surface area (Å²) in [5.41, 5.74) is -0.640. The molecule has 136 valence electrons. The van der Waals surface area contributed by atoms with Gasteiger partial charge in [0.15, 0.2) is 0 Å².